The van der Waals surface area contributed by atoms with Crippen molar-refractivity contribution in [2.75, 3.05) is 19.4 Å². The average molecular weight is 442 g/mol. The summed E-state index contributed by atoms with van der Waals surface area (Å²) >= 11 is 6.22. The third kappa shape index (κ3) is 5.12. The van der Waals surface area contributed by atoms with E-state index < -0.39 is 0 Å². The Morgan fingerprint density at radius 2 is 1.86 bits per heavy atom. The normalized spacial score (nSPS) is 26.9. The number of amides is 1. The molecule has 29 heavy (non-hydrogen) atoms. The van der Waals surface area contributed by atoms with Crippen molar-refractivity contribution >= 4 is 35.6 Å². The molecule has 2 atom stereocenters. The number of nitrogens with zero attached hydrogens (tertiary/aromatic N) is 1. The molecule has 2 unspecified atom stereocenters. The van der Waals surface area contributed by atoms with Gasteiger partial charge < -0.3 is 20.7 Å². The zero-order chi connectivity index (χ0) is 19.7. The maximum Gasteiger partial charge on any atom is 0.255 e. The number of nitrogen functional groups attached to an aromatic ring is 1. The van der Waals surface area contributed by atoms with Crippen LogP contribution in [0.1, 0.15) is 68.1 Å². The van der Waals surface area contributed by atoms with Gasteiger partial charge in [-0.1, -0.05) is 37.3 Å². The van der Waals surface area contributed by atoms with Crippen molar-refractivity contribution in [2.24, 2.45) is 5.92 Å². The van der Waals surface area contributed by atoms with Gasteiger partial charge in [0, 0.05) is 24.2 Å². The predicted octanol–water partition coefficient (Wildman–Crippen LogP) is 4.66. The molecule has 162 valence electrons. The molecule has 1 amide bonds. The van der Waals surface area contributed by atoms with Gasteiger partial charge in [0.05, 0.1) is 22.9 Å². The number of hydrogen-bond acceptors (Lipinski definition) is 4. The highest BCUT2D eigenvalue weighted by Gasteiger charge is 2.39. The largest absolute Gasteiger partial charge is 0.493 e. The molecule has 2 aliphatic heterocycles. The summed E-state index contributed by atoms with van der Waals surface area (Å²) in [5, 5.41) is 3.63. The van der Waals surface area contributed by atoms with E-state index >= 15 is 0 Å². The molecule has 0 aromatic heterocycles. The van der Waals surface area contributed by atoms with E-state index in [1.807, 2.05) is 0 Å². The van der Waals surface area contributed by atoms with Crippen molar-refractivity contribution in [1.82, 2.24) is 10.2 Å². The fourth-order valence-electron chi connectivity index (χ4n) is 5.29. The van der Waals surface area contributed by atoms with Crippen LogP contribution in [-0.2, 0) is 0 Å². The highest BCUT2D eigenvalue weighted by molar-refractivity contribution is 6.33. The van der Waals surface area contributed by atoms with Crippen molar-refractivity contribution in [3.05, 3.63) is 22.7 Å². The van der Waals surface area contributed by atoms with E-state index in [2.05, 4.69) is 17.3 Å². The molecule has 2 saturated heterocycles. The van der Waals surface area contributed by atoms with E-state index in [0.717, 1.165) is 25.2 Å². The lowest BCUT2D eigenvalue weighted by Gasteiger charge is -2.36. The Hall–Kier alpha value is -1.17. The van der Waals surface area contributed by atoms with E-state index in [9.17, 15) is 4.79 Å². The van der Waals surface area contributed by atoms with Crippen LogP contribution in [-0.4, -0.2) is 42.6 Å². The smallest absolute Gasteiger partial charge is 0.255 e. The van der Waals surface area contributed by atoms with Crippen LogP contribution < -0.4 is 15.8 Å². The Morgan fingerprint density at radius 1 is 1.21 bits per heavy atom. The summed E-state index contributed by atoms with van der Waals surface area (Å²) in [5.74, 6) is 1.19. The zero-order valence-electron chi connectivity index (χ0n) is 17.2. The highest BCUT2D eigenvalue weighted by atomic mass is 35.5. The summed E-state index contributed by atoms with van der Waals surface area (Å²) < 4.78 is 6.01. The molecule has 1 aliphatic carbocycles. The summed E-state index contributed by atoms with van der Waals surface area (Å²) in [6.07, 6.45) is 10.7. The van der Waals surface area contributed by atoms with Crippen LogP contribution in [0.5, 0.6) is 5.75 Å². The van der Waals surface area contributed by atoms with Crippen LogP contribution in [0.15, 0.2) is 12.1 Å². The number of hydrogen-bond donors (Lipinski definition) is 2. The lowest BCUT2D eigenvalue weighted by molar-refractivity contribution is 0.0878. The third-order valence-corrected chi connectivity index (χ3v) is 7.36. The summed E-state index contributed by atoms with van der Waals surface area (Å²) in [7, 11) is 2.20. The number of piperidine rings is 1. The van der Waals surface area contributed by atoms with E-state index in [-0.39, 0.29) is 24.4 Å². The van der Waals surface area contributed by atoms with Crippen LogP contribution in [0.2, 0.25) is 5.02 Å². The molecule has 0 radical (unpaired) electrons. The maximum absolute atomic E-state index is 13.0. The minimum Gasteiger partial charge on any atom is -0.493 e. The second-order valence-corrected chi connectivity index (χ2v) is 9.26. The highest BCUT2D eigenvalue weighted by Crippen LogP contribution is 2.35. The van der Waals surface area contributed by atoms with E-state index in [1.165, 1.54) is 38.5 Å². The van der Waals surface area contributed by atoms with Gasteiger partial charge in [-0.25, -0.2) is 0 Å². The first-order valence-electron chi connectivity index (χ1n) is 10.8. The van der Waals surface area contributed by atoms with Crippen LogP contribution in [0.3, 0.4) is 0 Å². The van der Waals surface area contributed by atoms with Crippen LogP contribution in [0.4, 0.5) is 5.69 Å². The van der Waals surface area contributed by atoms with E-state index in [1.54, 1.807) is 12.1 Å². The molecule has 2 heterocycles. The second-order valence-electron chi connectivity index (χ2n) is 8.85. The number of carbonyl (C=O) groups is 1. The van der Waals surface area contributed by atoms with Crippen LogP contribution >= 0.6 is 24.0 Å². The van der Waals surface area contributed by atoms with Crippen molar-refractivity contribution in [3.63, 3.8) is 0 Å². The summed E-state index contributed by atoms with van der Waals surface area (Å²) in [4.78, 5) is 15.5. The Bertz CT molecular complexity index is 710. The van der Waals surface area contributed by atoms with E-state index in [4.69, 9.17) is 22.1 Å². The van der Waals surface area contributed by atoms with Gasteiger partial charge in [-0.2, -0.15) is 0 Å². The topological polar surface area (TPSA) is 67.6 Å². The number of fused-ring (bicyclic) bond motifs is 2. The fourth-order valence-corrected chi connectivity index (χ4v) is 5.46. The summed E-state index contributed by atoms with van der Waals surface area (Å²) in [6.45, 7) is 0.615. The van der Waals surface area contributed by atoms with E-state index in [0.29, 0.717) is 40.7 Å². The Kier molecular flexibility index (Phi) is 7.58. The van der Waals surface area contributed by atoms with Gasteiger partial charge in [0.2, 0.25) is 0 Å². The van der Waals surface area contributed by atoms with Gasteiger partial charge in [0.1, 0.15) is 5.75 Å². The van der Waals surface area contributed by atoms with Gasteiger partial charge in [0.15, 0.2) is 0 Å². The number of nitrogens with one attached hydrogen (secondary N) is 1. The number of carbonyl (C=O) groups excluding carboxylic acids is 1. The Labute approximate surface area is 185 Å². The van der Waals surface area contributed by atoms with Crippen molar-refractivity contribution in [3.8, 4) is 5.75 Å². The molecule has 4 rings (SSSR count). The lowest BCUT2D eigenvalue weighted by Crippen LogP contribution is -2.48. The summed E-state index contributed by atoms with van der Waals surface area (Å²) in [6, 6.07) is 4.73. The number of benzene rings is 1. The Morgan fingerprint density at radius 3 is 2.52 bits per heavy atom. The number of rotatable bonds is 6. The van der Waals surface area contributed by atoms with Gasteiger partial charge >= 0.3 is 0 Å². The zero-order valence-corrected chi connectivity index (χ0v) is 18.7. The SMILES string of the molecule is CN1C2CCC1CC(NC(=O)c1cc(Cl)c(N)cc1OCCC1CCCC1)C2.Cl. The van der Waals surface area contributed by atoms with Crippen LogP contribution in [0.25, 0.3) is 0 Å². The minimum atomic E-state index is -0.105. The number of ether oxygens (including phenoxy) is 1. The molecule has 5 nitrogen and oxygen atoms in total. The summed E-state index contributed by atoms with van der Waals surface area (Å²) in [5.41, 5.74) is 6.93. The molecule has 2 bridgehead atoms. The first kappa shape index (κ1) is 22.5. The van der Waals surface area contributed by atoms with Crippen molar-refractivity contribution in [1.29, 1.82) is 0 Å². The molecule has 3 aliphatic rings. The minimum absolute atomic E-state index is 0. The molecule has 3 N–H and O–H groups in total. The number of nitrogens with two attached hydrogens (primary N) is 1. The lowest BCUT2D eigenvalue weighted by atomic mass is 9.97. The quantitative estimate of drug-likeness (QED) is 0.629. The monoisotopic (exact) mass is 441 g/mol. The third-order valence-electron chi connectivity index (χ3n) is 7.04. The Balaban J connectivity index is 0.00000240. The van der Waals surface area contributed by atoms with Gasteiger partial charge in [-0.15, -0.1) is 12.4 Å². The first-order valence-corrected chi connectivity index (χ1v) is 11.1. The number of halogens is 2. The fraction of sp³-hybridized carbons (Fsp3) is 0.682. The van der Waals surface area contributed by atoms with Crippen molar-refractivity contribution < 1.29 is 9.53 Å². The van der Waals surface area contributed by atoms with Crippen molar-refractivity contribution in [2.45, 2.75) is 75.9 Å². The molecule has 7 heteroatoms. The molecule has 0 spiro atoms. The number of anilines is 1. The maximum atomic E-state index is 13.0. The molecular formula is C22H33Cl2N3O2. The molecular weight excluding hydrogens is 409 g/mol. The predicted molar refractivity (Wildman–Crippen MR) is 120 cm³/mol. The van der Waals surface area contributed by atoms with Crippen LogP contribution in [0, 0.1) is 5.92 Å². The molecule has 1 aromatic rings. The molecule has 1 saturated carbocycles. The first-order chi connectivity index (χ1) is 13.5. The molecule has 3 fully saturated rings. The average Bonchev–Trinajstić information content (AvgIpc) is 3.23. The van der Waals surface area contributed by atoms with Gasteiger partial charge in [-0.05, 0) is 51.1 Å². The standard InChI is InChI=1S/C22H32ClN3O2.ClH/c1-26-16-6-7-17(26)11-15(10-16)25-22(27)18-12-19(23)20(24)13-21(18)28-9-8-14-4-2-3-5-14;/h12-17H,2-11,24H2,1H3,(H,25,27);1H. The molecule has 1 aromatic carbocycles. The van der Waals surface area contributed by atoms with Gasteiger partial charge in [-0.3, -0.25) is 4.79 Å². The van der Waals surface area contributed by atoms with Gasteiger partial charge in [0.25, 0.3) is 5.91 Å². The second kappa shape index (κ2) is 9.76.